The number of pyridine rings is 1. The second-order valence-corrected chi connectivity index (χ2v) is 4.65. The quantitative estimate of drug-likeness (QED) is 0.681. The fourth-order valence-electron chi connectivity index (χ4n) is 1.94. The average Bonchev–Trinajstić information content (AvgIpc) is 2.84. The zero-order valence-electron chi connectivity index (χ0n) is 10.1. The van der Waals surface area contributed by atoms with Crippen LogP contribution in [-0.2, 0) is 0 Å². The summed E-state index contributed by atoms with van der Waals surface area (Å²) in [4.78, 5) is 0. The second kappa shape index (κ2) is 4.38. The van der Waals surface area contributed by atoms with Crippen LogP contribution in [0.5, 0.6) is 0 Å². The van der Waals surface area contributed by atoms with Crippen molar-refractivity contribution < 1.29 is 0 Å². The summed E-state index contributed by atoms with van der Waals surface area (Å²) >= 11 is 6.02. The number of benzene rings is 1. The smallest absolute Gasteiger partial charge is 0.168 e. The Morgan fingerprint density at radius 3 is 2.79 bits per heavy atom. The first kappa shape index (κ1) is 11.7. The minimum Gasteiger partial charge on any atom is -0.282 e. The molecule has 4 nitrogen and oxygen atoms in total. The van der Waals surface area contributed by atoms with Crippen LogP contribution in [0.15, 0.2) is 36.5 Å². The topological polar surface area (TPSA) is 54.0 Å². The molecule has 2 aromatic heterocycles. The third-order valence-corrected chi connectivity index (χ3v) is 3.38. The molecule has 0 spiro atoms. The van der Waals surface area contributed by atoms with Gasteiger partial charge in [0.1, 0.15) is 0 Å². The van der Waals surface area contributed by atoms with Crippen LogP contribution in [0.3, 0.4) is 0 Å². The van der Waals surface area contributed by atoms with Gasteiger partial charge in [-0.3, -0.25) is 4.40 Å². The molecule has 0 aliphatic heterocycles. The molecule has 0 radical (unpaired) electrons. The van der Waals surface area contributed by atoms with Crippen molar-refractivity contribution in [1.29, 1.82) is 5.26 Å². The van der Waals surface area contributed by atoms with Crippen LogP contribution < -0.4 is 0 Å². The second-order valence-electron chi connectivity index (χ2n) is 4.24. The van der Waals surface area contributed by atoms with E-state index in [1.54, 1.807) is 18.3 Å². The molecule has 0 aliphatic carbocycles. The van der Waals surface area contributed by atoms with Gasteiger partial charge in [-0.15, -0.1) is 10.2 Å². The monoisotopic (exact) mass is 268 g/mol. The molecule has 0 N–H and O–H groups in total. The lowest BCUT2D eigenvalue weighted by atomic mass is 10.1. The van der Waals surface area contributed by atoms with E-state index in [-0.39, 0.29) is 0 Å². The van der Waals surface area contributed by atoms with E-state index in [2.05, 4.69) is 16.3 Å². The molecule has 92 valence electrons. The van der Waals surface area contributed by atoms with E-state index in [1.807, 2.05) is 29.5 Å². The number of nitriles is 1. The molecule has 3 rings (SSSR count). The number of aryl methyl sites for hydroxylation is 1. The van der Waals surface area contributed by atoms with Crippen LogP contribution in [0.4, 0.5) is 0 Å². The van der Waals surface area contributed by atoms with E-state index in [0.717, 1.165) is 22.0 Å². The van der Waals surface area contributed by atoms with Crippen molar-refractivity contribution >= 4 is 17.2 Å². The van der Waals surface area contributed by atoms with Crippen LogP contribution in [0.2, 0.25) is 5.02 Å². The van der Waals surface area contributed by atoms with Gasteiger partial charge in [0, 0.05) is 22.8 Å². The van der Waals surface area contributed by atoms with Gasteiger partial charge in [-0.05, 0) is 36.8 Å². The summed E-state index contributed by atoms with van der Waals surface area (Å²) < 4.78 is 1.85. The Kier molecular flexibility index (Phi) is 2.69. The average molecular weight is 269 g/mol. The van der Waals surface area contributed by atoms with Crippen LogP contribution in [0.25, 0.3) is 17.0 Å². The molecule has 19 heavy (non-hydrogen) atoms. The fraction of sp³-hybridized carbons (Fsp3) is 0.0714. The van der Waals surface area contributed by atoms with Crippen molar-refractivity contribution in [3.05, 3.63) is 52.7 Å². The van der Waals surface area contributed by atoms with Crippen molar-refractivity contribution in [2.24, 2.45) is 0 Å². The highest BCUT2D eigenvalue weighted by Crippen LogP contribution is 2.24. The van der Waals surface area contributed by atoms with E-state index in [9.17, 15) is 0 Å². The third kappa shape index (κ3) is 1.94. The molecule has 1 aromatic carbocycles. The SMILES string of the molecule is Cc1cc(-c2nnc3cc(C#N)ccn23)ccc1Cl. The lowest BCUT2D eigenvalue weighted by molar-refractivity contribution is 1.11. The van der Waals surface area contributed by atoms with Gasteiger partial charge in [-0.25, -0.2) is 0 Å². The van der Waals surface area contributed by atoms with Gasteiger partial charge in [-0.2, -0.15) is 5.26 Å². The Bertz CT molecular complexity index is 814. The number of aromatic nitrogens is 3. The van der Waals surface area contributed by atoms with Gasteiger partial charge in [-0.1, -0.05) is 11.6 Å². The summed E-state index contributed by atoms with van der Waals surface area (Å²) in [7, 11) is 0. The first-order valence-electron chi connectivity index (χ1n) is 5.70. The maximum absolute atomic E-state index is 8.87. The molecule has 0 saturated heterocycles. The molecule has 0 amide bonds. The summed E-state index contributed by atoms with van der Waals surface area (Å²) in [6.45, 7) is 1.95. The molecule has 0 fully saturated rings. The van der Waals surface area contributed by atoms with Crippen LogP contribution in [0.1, 0.15) is 11.1 Å². The minimum atomic E-state index is 0.568. The number of hydrogen-bond acceptors (Lipinski definition) is 3. The summed E-state index contributed by atoms with van der Waals surface area (Å²) in [5.74, 6) is 0.735. The summed E-state index contributed by atoms with van der Waals surface area (Å²) in [6, 6.07) is 11.3. The van der Waals surface area contributed by atoms with Gasteiger partial charge in [0.25, 0.3) is 0 Å². The van der Waals surface area contributed by atoms with Crippen molar-refractivity contribution in [2.45, 2.75) is 6.92 Å². The first-order chi connectivity index (χ1) is 9.19. The molecule has 0 aliphatic rings. The zero-order valence-corrected chi connectivity index (χ0v) is 10.9. The van der Waals surface area contributed by atoms with Gasteiger partial charge in [0.05, 0.1) is 11.6 Å². The molecular weight excluding hydrogens is 260 g/mol. The Morgan fingerprint density at radius 2 is 2.05 bits per heavy atom. The van der Waals surface area contributed by atoms with Crippen molar-refractivity contribution in [1.82, 2.24) is 14.6 Å². The van der Waals surface area contributed by atoms with E-state index in [0.29, 0.717) is 11.2 Å². The number of hydrogen-bond donors (Lipinski definition) is 0. The largest absolute Gasteiger partial charge is 0.282 e. The molecular formula is C14H9ClN4. The summed E-state index contributed by atoms with van der Waals surface area (Å²) in [5, 5.41) is 17.8. The first-order valence-corrected chi connectivity index (χ1v) is 6.08. The van der Waals surface area contributed by atoms with E-state index in [1.165, 1.54) is 0 Å². The number of fused-ring (bicyclic) bond motifs is 1. The molecule has 0 saturated carbocycles. The third-order valence-electron chi connectivity index (χ3n) is 2.96. The summed E-state index contributed by atoms with van der Waals surface area (Å²) in [5.41, 5.74) is 3.16. The standard InChI is InChI=1S/C14H9ClN4/c1-9-6-11(2-3-12(9)15)14-18-17-13-7-10(8-16)4-5-19(13)14/h2-7H,1H3. The maximum Gasteiger partial charge on any atom is 0.168 e. The minimum absolute atomic E-state index is 0.568. The van der Waals surface area contributed by atoms with Crippen LogP contribution in [-0.4, -0.2) is 14.6 Å². The van der Waals surface area contributed by atoms with E-state index >= 15 is 0 Å². The number of rotatable bonds is 1. The van der Waals surface area contributed by atoms with E-state index in [4.69, 9.17) is 16.9 Å². The highest BCUT2D eigenvalue weighted by molar-refractivity contribution is 6.31. The van der Waals surface area contributed by atoms with Gasteiger partial charge in [0.15, 0.2) is 11.5 Å². The maximum atomic E-state index is 8.87. The molecule has 5 heteroatoms. The Labute approximate surface area is 114 Å². The molecule has 3 aromatic rings. The zero-order chi connectivity index (χ0) is 13.4. The highest BCUT2D eigenvalue weighted by atomic mass is 35.5. The van der Waals surface area contributed by atoms with Crippen LogP contribution in [0, 0.1) is 18.3 Å². The highest BCUT2D eigenvalue weighted by Gasteiger charge is 2.09. The fourth-order valence-corrected chi connectivity index (χ4v) is 2.06. The van der Waals surface area contributed by atoms with Crippen molar-refractivity contribution in [3.63, 3.8) is 0 Å². The predicted molar refractivity (Wildman–Crippen MR) is 72.9 cm³/mol. The van der Waals surface area contributed by atoms with Gasteiger partial charge in [0.2, 0.25) is 0 Å². The lowest BCUT2D eigenvalue weighted by Crippen LogP contribution is -1.90. The molecule has 0 atom stereocenters. The van der Waals surface area contributed by atoms with Gasteiger partial charge < -0.3 is 0 Å². The van der Waals surface area contributed by atoms with E-state index < -0.39 is 0 Å². The van der Waals surface area contributed by atoms with Crippen molar-refractivity contribution in [3.8, 4) is 17.5 Å². The Balaban J connectivity index is 2.20. The van der Waals surface area contributed by atoms with Crippen molar-refractivity contribution in [2.75, 3.05) is 0 Å². The Morgan fingerprint density at radius 1 is 1.21 bits per heavy atom. The predicted octanol–water partition coefficient (Wildman–Crippen LogP) is 3.23. The van der Waals surface area contributed by atoms with Crippen LogP contribution >= 0.6 is 11.6 Å². The molecule has 2 heterocycles. The summed E-state index contributed by atoms with van der Waals surface area (Å²) in [6.07, 6.45) is 1.80. The number of halogens is 1. The molecule has 0 bridgehead atoms. The van der Waals surface area contributed by atoms with Gasteiger partial charge >= 0.3 is 0 Å². The lowest BCUT2D eigenvalue weighted by Gasteiger charge is -2.03. The number of nitrogens with zero attached hydrogens (tertiary/aromatic N) is 4. The molecule has 0 unspecified atom stereocenters. The Hall–Kier alpha value is -2.38. The normalized spacial score (nSPS) is 10.6.